The van der Waals surface area contributed by atoms with E-state index in [4.69, 9.17) is 8.83 Å². The fourth-order valence-electron chi connectivity index (χ4n) is 20.5. The molecule has 22 aromatic carbocycles. The second-order valence-electron chi connectivity index (χ2n) is 34.5. The number of anilines is 6. The molecule has 4 heterocycles. The molecule has 6 nitrogen and oxygen atoms in total. The summed E-state index contributed by atoms with van der Waals surface area (Å²) in [5.41, 5.74) is 35.6. The zero-order valence-electron chi connectivity index (χ0n) is 73.1. The maximum Gasteiger partial charge on any atom is 0.136 e. The van der Waals surface area contributed by atoms with E-state index in [1.165, 1.54) is 98.5 Å². The Morgan fingerprint density at radius 3 is 0.896 bits per heavy atom. The molecule has 0 bridgehead atoms. The number of hydrogen-bond acceptors (Lipinski definition) is 4. The van der Waals surface area contributed by atoms with E-state index in [0.717, 1.165) is 145 Å². The van der Waals surface area contributed by atoms with Gasteiger partial charge in [-0.2, -0.15) is 0 Å². The van der Waals surface area contributed by atoms with Crippen molar-refractivity contribution in [3.05, 3.63) is 510 Å². The molecule has 26 rings (SSSR count). The molecule has 0 amide bonds. The molecule has 0 aliphatic carbocycles. The molecule has 0 N–H and O–H groups in total. The standard InChI is InChI=1S/2C64H42N2O/c1-2-16-46-42-49(32-31-43(46)15-1)52-19-3-8-25-58(52)65(61-28-11-6-22-55(61)56-24-14-30-63-64(56)57-23-7-12-29-62(57)67-63)50-37-33-44(34-38-50)47-17-13-18-48(41-47)45-35-39-51(40-36-45)66-59-26-9-4-20-53(59)54-21-5-10-27-60(54)66;1-2-15-46-41-50(31-30-43(46)14-1)49-18-12-19-53(42-49)65(59-25-7-5-22-56(59)57-24-13-29-63-64(57)58-23-6-10-28-62(58)67-63)51-36-32-44(33-37-51)47-16-11-17-48(40-47)45-34-38-52(39-35-45)66-60-26-8-3-20-54(60)55-21-4-9-27-61(55)66/h2*1-42H. The predicted molar refractivity (Wildman–Crippen MR) is 564 cm³/mol. The van der Waals surface area contributed by atoms with Crippen LogP contribution in [0.2, 0.25) is 0 Å². The Morgan fingerprint density at radius 1 is 0.157 bits per heavy atom. The molecule has 0 saturated heterocycles. The van der Waals surface area contributed by atoms with E-state index in [2.05, 4.69) is 516 Å². The molecule has 6 heteroatoms. The van der Waals surface area contributed by atoms with Gasteiger partial charge in [0.1, 0.15) is 22.3 Å². The first-order valence-corrected chi connectivity index (χ1v) is 45.8. The van der Waals surface area contributed by atoms with E-state index in [1.807, 2.05) is 12.1 Å². The number of para-hydroxylation sites is 9. The highest BCUT2D eigenvalue weighted by Gasteiger charge is 2.26. The average Bonchev–Trinajstić information content (AvgIpc) is 1.58. The zero-order chi connectivity index (χ0) is 88.5. The van der Waals surface area contributed by atoms with Crippen molar-refractivity contribution in [1.29, 1.82) is 0 Å². The third-order valence-electron chi connectivity index (χ3n) is 26.8. The van der Waals surface area contributed by atoms with Gasteiger partial charge in [0.05, 0.1) is 39.1 Å². The van der Waals surface area contributed by atoms with Crippen LogP contribution >= 0.6 is 0 Å². The summed E-state index contributed by atoms with van der Waals surface area (Å²) < 4.78 is 17.6. The molecule has 0 atom stereocenters. The molecule has 4 aromatic heterocycles. The highest BCUT2D eigenvalue weighted by atomic mass is 16.3. The van der Waals surface area contributed by atoms with Crippen molar-refractivity contribution in [1.82, 2.24) is 9.13 Å². The van der Waals surface area contributed by atoms with Crippen LogP contribution in [0.5, 0.6) is 0 Å². The molecular weight excluding hydrogens is 1630 g/mol. The Bertz CT molecular complexity index is 8910. The molecule has 0 spiro atoms. The first-order chi connectivity index (χ1) is 66.4. The summed E-state index contributed by atoms with van der Waals surface area (Å²) in [6.45, 7) is 0. The molecule has 0 radical (unpaired) electrons. The van der Waals surface area contributed by atoms with Crippen molar-refractivity contribution in [3.63, 3.8) is 0 Å². The summed E-state index contributed by atoms with van der Waals surface area (Å²) in [7, 11) is 0. The number of benzene rings is 22. The normalized spacial score (nSPS) is 11.6. The minimum atomic E-state index is 0.877. The van der Waals surface area contributed by atoms with Crippen LogP contribution in [0.15, 0.2) is 518 Å². The second-order valence-corrected chi connectivity index (χ2v) is 34.5. The van der Waals surface area contributed by atoms with Crippen LogP contribution in [0.3, 0.4) is 0 Å². The van der Waals surface area contributed by atoms with Crippen molar-refractivity contribution < 1.29 is 8.83 Å². The number of furan rings is 2. The molecule has 0 aliphatic heterocycles. The Hall–Kier alpha value is -17.8. The second kappa shape index (κ2) is 33.3. The topological polar surface area (TPSA) is 42.6 Å². The van der Waals surface area contributed by atoms with Crippen LogP contribution < -0.4 is 9.80 Å². The highest BCUT2D eigenvalue weighted by Crippen LogP contribution is 2.51. The third-order valence-corrected chi connectivity index (χ3v) is 26.8. The van der Waals surface area contributed by atoms with Gasteiger partial charge in [0.15, 0.2) is 0 Å². The lowest BCUT2D eigenvalue weighted by molar-refractivity contribution is 0.668. The van der Waals surface area contributed by atoms with Crippen molar-refractivity contribution in [2.24, 2.45) is 0 Å². The van der Waals surface area contributed by atoms with E-state index in [0.29, 0.717) is 0 Å². The third kappa shape index (κ3) is 14.0. The minimum absolute atomic E-state index is 0.877. The monoisotopic (exact) mass is 1710 g/mol. The van der Waals surface area contributed by atoms with Gasteiger partial charge in [-0.25, -0.2) is 0 Å². The summed E-state index contributed by atoms with van der Waals surface area (Å²) in [6.07, 6.45) is 0. The number of rotatable bonds is 16. The minimum Gasteiger partial charge on any atom is -0.456 e. The van der Waals surface area contributed by atoms with Gasteiger partial charge in [-0.3, -0.25) is 0 Å². The van der Waals surface area contributed by atoms with Crippen LogP contribution in [-0.2, 0) is 0 Å². The quantitative estimate of drug-likeness (QED) is 0.0967. The molecular formula is C128H84N4O2. The van der Waals surface area contributed by atoms with E-state index in [9.17, 15) is 0 Å². The van der Waals surface area contributed by atoms with E-state index < -0.39 is 0 Å². The van der Waals surface area contributed by atoms with Gasteiger partial charge in [-0.05, 0) is 246 Å². The summed E-state index contributed by atoms with van der Waals surface area (Å²) >= 11 is 0. The SMILES string of the molecule is c1cc(-c2ccc(N(c3cccc(-c4ccc5ccccc5c4)c3)c3ccccc3-c3cccc4oc5ccccc5c34)cc2)cc(-c2ccc(-n3c4ccccc4c4ccccc43)cc2)c1.c1cc(-c2ccc(N(c3ccccc3-c3ccc4ccccc4c3)c3ccccc3-c3cccc4oc5ccccc5c34)cc2)cc(-c2ccc(-n3c4ccccc4c4ccccc43)cc2)c1. The lowest BCUT2D eigenvalue weighted by Crippen LogP contribution is -2.12. The van der Waals surface area contributed by atoms with Gasteiger partial charge in [0, 0.05) is 88.2 Å². The van der Waals surface area contributed by atoms with Gasteiger partial charge in [0.2, 0.25) is 0 Å². The lowest BCUT2D eigenvalue weighted by atomic mass is 9.95. The van der Waals surface area contributed by atoms with Gasteiger partial charge in [0.25, 0.3) is 0 Å². The Kier molecular flexibility index (Phi) is 19.5. The first-order valence-electron chi connectivity index (χ1n) is 45.8. The van der Waals surface area contributed by atoms with E-state index >= 15 is 0 Å². The molecule has 628 valence electrons. The molecule has 0 saturated carbocycles. The Balaban J connectivity index is 0.000000143. The summed E-state index contributed by atoms with van der Waals surface area (Å²) in [6, 6.07) is 184. The molecule has 0 fully saturated rings. The van der Waals surface area contributed by atoms with Gasteiger partial charge in [-0.1, -0.05) is 358 Å². The van der Waals surface area contributed by atoms with Gasteiger partial charge in [-0.15, -0.1) is 0 Å². The summed E-state index contributed by atoms with van der Waals surface area (Å²) in [5, 5.41) is 14.4. The largest absolute Gasteiger partial charge is 0.456 e. The summed E-state index contributed by atoms with van der Waals surface area (Å²) in [4.78, 5) is 4.83. The van der Waals surface area contributed by atoms with Crippen LogP contribution in [0, 0.1) is 0 Å². The smallest absolute Gasteiger partial charge is 0.136 e. The van der Waals surface area contributed by atoms with E-state index in [1.54, 1.807) is 0 Å². The molecule has 0 aliphatic rings. The van der Waals surface area contributed by atoms with Crippen molar-refractivity contribution in [3.8, 4) is 100 Å². The average molecular weight is 1710 g/mol. The van der Waals surface area contributed by atoms with E-state index in [-0.39, 0.29) is 0 Å². The number of hydrogen-bond donors (Lipinski definition) is 0. The Morgan fingerprint density at radius 2 is 0.448 bits per heavy atom. The van der Waals surface area contributed by atoms with Crippen LogP contribution in [0.25, 0.3) is 209 Å². The van der Waals surface area contributed by atoms with Gasteiger partial charge < -0.3 is 27.8 Å². The van der Waals surface area contributed by atoms with Crippen molar-refractivity contribution in [2.45, 2.75) is 0 Å². The molecule has 0 unspecified atom stereocenters. The van der Waals surface area contributed by atoms with Gasteiger partial charge >= 0.3 is 0 Å². The fraction of sp³-hybridized carbons (Fsp3) is 0. The van der Waals surface area contributed by atoms with Crippen LogP contribution in [0.4, 0.5) is 34.1 Å². The number of fused-ring (bicyclic) bond motifs is 14. The predicted octanol–water partition coefficient (Wildman–Crippen LogP) is 35.9. The van der Waals surface area contributed by atoms with Crippen molar-refractivity contribution >= 4 is 143 Å². The number of nitrogens with zero attached hydrogens (tertiary/aromatic N) is 4. The zero-order valence-corrected chi connectivity index (χ0v) is 73.1. The first kappa shape index (κ1) is 78.4. The van der Waals surface area contributed by atoms with Crippen LogP contribution in [-0.4, -0.2) is 9.13 Å². The summed E-state index contributed by atoms with van der Waals surface area (Å²) in [5.74, 6) is 0. The van der Waals surface area contributed by atoms with Crippen molar-refractivity contribution in [2.75, 3.05) is 9.80 Å². The number of aromatic nitrogens is 2. The Labute approximate surface area is 775 Å². The van der Waals surface area contributed by atoms with Crippen LogP contribution in [0.1, 0.15) is 0 Å². The highest BCUT2D eigenvalue weighted by molar-refractivity contribution is 6.17. The maximum absolute atomic E-state index is 6.42. The molecule has 26 aromatic rings. The fourth-order valence-corrected chi connectivity index (χ4v) is 20.5. The molecule has 134 heavy (non-hydrogen) atoms. The lowest BCUT2D eigenvalue weighted by Gasteiger charge is -2.30. The maximum atomic E-state index is 6.42.